The molecule has 0 radical (unpaired) electrons. The topological polar surface area (TPSA) is 185 Å². The highest BCUT2D eigenvalue weighted by Crippen LogP contribution is 2.33. The lowest BCUT2D eigenvalue weighted by atomic mass is 9.91. The number of hydrogen-bond donors (Lipinski definition) is 0. The summed E-state index contributed by atoms with van der Waals surface area (Å²) in [5, 5.41) is 0. The van der Waals surface area contributed by atoms with Crippen molar-refractivity contribution in [3.05, 3.63) is 0 Å². The van der Waals surface area contributed by atoms with E-state index in [-0.39, 0.29) is 28.5 Å². The molecule has 10 rings (SSSR count). The Morgan fingerprint density at radius 1 is 0.429 bits per heavy atom. The maximum atomic E-state index is 5.66. The fourth-order valence-electron chi connectivity index (χ4n) is 12.1. The van der Waals surface area contributed by atoms with Crippen molar-refractivity contribution < 1.29 is 94.7 Å². The molecule has 0 saturated carbocycles. The molecule has 0 aliphatic carbocycles. The van der Waals surface area contributed by atoms with E-state index in [0.717, 1.165) is 190 Å². The van der Waals surface area contributed by atoms with Crippen LogP contribution in [0.1, 0.15) is 166 Å². The van der Waals surface area contributed by atoms with Gasteiger partial charge in [-0.15, -0.1) is 0 Å². The molecule has 10 heterocycles. The molecule has 0 N–H and O–H groups in total. The smallest absolute Gasteiger partial charge is 0.0887 e. The van der Waals surface area contributed by atoms with E-state index in [4.69, 9.17) is 94.7 Å². The monoisotopic (exact) mass is 1320 g/mol. The Morgan fingerprint density at radius 2 is 1.04 bits per heavy atom. The van der Waals surface area contributed by atoms with Crippen LogP contribution in [-0.2, 0) is 94.7 Å². The third-order valence-corrected chi connectivity index (χ3v) is 18.0. The molecule has 0 amide bonds. The molecule has 10 aliphatic heterocycles. The van der Waals surface area contributed by atoms with E-state index in [1.54, 1.807) is 71.1 Å². The van der Waals surface area contributed by atoms with Crippen molar-refractivity contribution in [2.24, 2.45) is 35.0 Å². The maximum Gasteiger partial charge on any atom is 0.0887 e. The molecule has 10 aliphatic rings. The van der Waals surface area contributed by atoms with Crippen LogP contribution < -0.4 is 0 Å². The minimum atomic E-state index is 0.0226. The van der Waals surface area contributed by atoms with Crippen molar-refractivity contribution in [3.8, 4) is 0 Å². The van der Waals surface area contributed by atoms with Gasteiger partial charge in [0.25, 0.3) is 0 Å². The van der Waals surface area contributed by atoms with E-state index >= 15 is 0 Å². The summed E-state index contributed by atoms with van der Waals surface area (Å²) >= 11 is 0. The van der Waals surface area contributed by atoms with Gasteiger partial charge in [-0.05, 0) is 159 Å². The van der Waals surface area contributed by atoms with Gasteiger partial charge in [0.2, 0.25) is 0 Å². The lowest BCUT2D eigenvalue weighted by Crippen LogP contribution is -2.30. The molecule has 546 valence electrons. The summed E-state index contributed by atoms with van der Waals surface area (Å²) in [4.78, 5) is 0. The van der Waals surface area contributed by atoms with E-state index in [9.17, 15) is 0 Å². The van der Waals surface area contributed by atoms with Crippen molar-refractivity contribution >= 4 is 0 Å². The average molecular weight is 1320 g/mol. The lowest BCUT2D eigenvalue weighted by molar-refractivity contribution is -0.0449. The van der Waals surface area contributed by atoms with E-state index in [2.05, 4.69) is 76.2 Å². The summed E-state index contributed by atoms with van der Waals surface area (Å²) in [5.74, 6) is 3.14. The quantitative estimate of drug-likeness (QED) is 0.112. The van der Waals surface area contributed by atoms with Crippen LogP contribution in [0.4, 0.5) is 0 Å². The van der Waals surface area contributed by atoms with Gasteiger partial charge in [0.1, 0.15) is 0 Å². The fraction of sp³-hybridized carbons (Fsp3) is 1.00. The maximum absolute atomic E-state index is 5.66. The Balaban J connectivity index is 0.000000506. The summed E-state index contributed by atoms with van der Waals surface area (Å²) in [5.41, 5.74) is 0.534. The third kappa shape index (κ3) is 41.9. The highest BCUT2D eigenvalue weighted by atomic mass is 16.6. The first-order chi connectivity index (χ1) is 43.4. The van der Waals surface area contributed by atoms with Crippen molar-refractivity contribution in [2.75, 3.05) is 203 Å². The van der Waals surface area contributed by atoms with Crippen molar-refractivity contribution in [1.82, 2.24) is 0 Å². The molecule has 10 saturated heterocycles. The summed E-state index contributed by atoms with van der Waals surface area (Å²) in [6.45, 7) is 40.5. The number of rotatable bonds is 20. The van der Waals surface area contributed by atoms with Gasteiger partial charge in [0.05, 0.1) is 145 Å². The second-order valence-electron chi connectivity index (χ2n) is 28.4. The summed E-state index contributed by atoms with van der Waals surface area (Å²) in [6.07, 6.45) is 18.4. The van der Waals surface area contributed by atoms with Gasteiger partial charge < -0.3 is 94.7 Å². The zero-order chi connectivity index (χ0) is 68.0. The Bertz CT molecular complexity index is 1530. The van der Waals surface area contributed by atoms with Crippen LogP contribution in [0.25, 0.3) is 0 Å². The van der Waals surface area contributed by atoms with Crippen LogP contribution in [0.3, 0.4) is 0 Å². The second-order valence-corrected chi connectivity index (χ2v) is 28.4. The first-order valence-corrected chi connectivity index (χ1v) is 34.5. The Hall–Kier alpha value is -0.800. The largest absolute Gasteiger partial charge is 0.384 e. The Morgan fingerprint density at radius 3 is 1.48 bits per heavy atom. The Kier molecular flexibility index (Phi) is 49.8. The van der Waals surface area contributed by atoms with Crippen LogP contribution >= 0.6 is 0 Å². The minimum Gasteiger partial charge on any atom is -0.384 e. The number of methoxy groups -OCH3 is 10. The molecule has 0 aromatic heterocycles. The van der Waals surface area contributed by atoms with Gasteiger partial charge in [0.15, 0.2) is 0 Å². The minimum absolute atomic E-state index is 0.0226. The van der Waals surface area contributed by atoms with Crippen LogP contribution in [-0.4, -0.2) is 262 Å². The molecule has 91 heavy (non-hydrogen) atoms. The van der Waals surface area contributed by atoms with Crippen LogP contribution in [0.15, 0.2) is 0 Å². The van der Waals surface area contributed by atoms with Crippen LogP contribution in [0.2, 0.25) is 0 Å². The third-order valence-electron chi connectivity index (χ3n) is 18.0. The van der Waals surface area contributed by atoms with Gasteiger partial charge in [-0.3, -0.25) is 0 Å². The van der Waals surface area contributed by atoms with Crippen molar-refractivity contribution in [1.29, 1.82) is 0 Å². The molecule has 0 aromatic carbocycles. The van der Waals surface area contributed by atoms with Gasteiger partial charge in [-0.25, -0.2) is 0 Å². The molecular weight excluding hydrogens is 1170 g/mol. The summed E-state index contributed by atoms with van der Waals surface area (Å²) < 4.78 is 104. The SMILES string of the molecule is COC(C)C1CCCO1.COC(C)C1CCOC1.COCC1(C)CCCO1.COCC1(C)CCOC1.COCC1CCC(C)(C)O1.COCC1CCCO1.COCC1CCOC1.COCC1CCOC1(C)C.COCC1COC(C)(C)C1.COCC1COC(C)C1. The molecule has 10 fully saturated rings. The molecule has 13 unspecified atom stereocenters. The molecule has 0 aromatic rings. The Labute approximate surface area is 556 Å². The van der Waals surface area contributed by atoms with Gasteiger partial charge in [-0.1, -0.05) is 6.92 Å². The van der Waals surface area contributed by atoms with Gasteiger partial charge >= 0.3 is 0 Å². The molecule has 20 heteroatoms. The number of hydrogen-bond acceptors (Lipinski definition) is 20. The molecule has 20 nitrogen and oxygen atoms in total. The van der Waals surface area contributed by atoms with E-state index < -0.39 is 0 Å². The molecule has 0 spiro atoms. The zero-order valence-corrected chi connectivity index (χ0v) is 62.1. The summed E-state index contributed by atoms with van der Waals surface area (Å²) in [7, 11) is 17.3. The van der Waals surface area contributed by atoms with Crippen LogP contribution in [0, 0.1) is 35.0 Å². The highest BCUT2D eigenvalue weighted by Gasteiger charge is 2.36. The first-order valence-electron chi connectivity index (χ1n) is 34.5. The van der Waals surface area contributed by atoms with Crippen molar-refractivity contribution in [2.45, 2.75) is 225 Å². The lowest BCUT2D eigenvalue weighted by Gasteiger charge is -2.24. The van der Waals surface area contributed by atoms with Gasteiger partial charge in [-0.2, -0.15) is 0 Å². The molecule has 0 bridgehead atoms. The van der Waals surface area contributed by atoms with Gasteiger partial charge in [0, 0.05) is 152 Å². The molecule has 13 atom stereocenters. The zero-order valence-electron chi connectivity index (χ0n) is 62.1. The standard InChI is InChI=1S/3C8H16O2.5C7H14O2.2C6H12O2/c1-8(2)4-7(5-9-3)6-10-8;1-8(2)7(6-9-3)4-5-10-8;1-8(2)5-4-7(10-8)6-9-3;1-6-3-7(4-8-2)5-9-6;1-7(5-8-2)3-4-9-6-7;1-6(8-2)7-3-4-9-5-7;1-7(6-8-2)4-3-5-9-7;1-6(8-2)7-4-3-5-9-7;1-7-4-6-2-3-8-5-6;1-7-5-6-3-2-4-8-6/h3*7H,4-6H2,1-3H3;6-7H,3-5H2,1-2H3;3-6H2,1-2H3;6-7H,3-5H2,1-2H3;3-6H2,1-2H3;6-7H,3-5H2,1-2H3;2*6H,2-5H2,1H3. The fourth-order valence-corrected chi connectivity index (χ4v) is 12.1. The van der Waals surface area contributed by atoms with E-state index in [1.165, 1.54) is 32.1 Å². The van der Waals surface area contributed by atoms with Crippen LogP contribution in [0.5, 0.6) is 0 Å². The predicted octanol–water partition coefficient (Wildman–Crippen LogP) is 11.5. The number of ether oxygens (including phenoxy) is 20. The molecular formula is C71H142O20. The van der Waals surface area contributed by atoms with E-state index in [1.807, 2.05) is 0 Å². The first kappa shape index (κ1) is 88.2. The highest BCUT2D eigenvalue weighted by molar-refractivity contribution is 4.85. The van der Waals surface area contributed by atoms with E-state index in [0.29, 0.717) is 65.5 Å². The second kappa shape index (κ2) is 51.4. The van der Waals surface area contributed by atoms with Crippen molar-refractivity contribution in [3.63, 3.8) is 0 Å². The predicted molar refractivity (Wildman–Crippen MR) is 359 cm³/mol. The summed E-state index contributed by atoms with van der Waals surface area (Å²) in [6, 6.07) is 0. The average Bonchev–Trinajstić information content (AvgIpc) is 2.71. The normalized spacial score (nSPS) is 31.8.